The van der Waals surface area contributed by atoms with Crippen molar-refractivity contribution >= 4 is 12.0 Å². The van der Waals surface area contributed by atoms with Crippen LogP contribution in [0.5, 0.6) is 5.75 Å². The summed E-state index contributed by atoms with van der Waals surface area (Å²) in [6.45, 7) is 6.12. The fraction of sp³-hybridized carbons (Fsp3) is 0.429. The molecule has 1 aliphatic rings. The smallest absolute Gasteiger partial charge is 0.147 e. The van der Waals surface area contributed by atoms with Gasteiger partial charge in [0.05, 0.1) is 18.4 Å². The molecule has 1 heterocycles. The molecular formula is C21H28N2O2. The minimum atomic E-state index is 0.563. The summed E-state index contributed by atoms with van der Waals surface area (Å²) >= 11 is 0. The minimum Gasteiger partial charge on any atom is -0.495 e. The van der Waals surface area contributed by atoms with Gasteiger partial charge in [-0.25, -0.2) is 0 Å². The zero-order valence-corrected chi connectivity index (χ0v) is 15.7. The summed E-state index contributed by atoms with van der Waals surface area (Å²) in [7, 11) is 3.80. The molecule has 0 aliphatic carbocycles. The summed E-state index contributed by atoms with van der Waals surface area (Å²) < 4.78 is 5.19. The van der Waals surface area contributed by atoms with Crippen LogP contribution >= 0.6 is 0 Å². The topological polar surface area (TPSA) is 41.9 Å². The molecule has 4 heteroatoms. The molecule has 2 rings (SSSR count). The molecule has 0 atom stereocenters. The van der Waals surface area contributed by atoms with E-state index in [0.29, 0.717) is 11.3 Å². The van der Waals surface area contributed by atoms with Crippen LogP contribution in [0.1, 0.15) is 38.7 Å². The van der Waals surface area contributed by atoms with Crippen LogP contribution in [0.15, 0.2) is 41.0 Å². The quantitative estimate of drug-likeness (QED) is 0.364. The number of likely N-dealkylation sites (tertiary alicyclic amines) is 1. The van der Waals surface area contributed by atoms with Gasteiger partial charge in [0.25, 0.3) is 0 Å². The lowest BCUT2D eigenvalue weighted by molar-refractivity contribution is -0.104. The molecule has 1 saturated heterocycles. The highest BCUT2D eigenvalue weighted by atomic mass is 16.5. The molecule has 0 N–H and O–H groups in total. The van der Waals surface area contributed by atoms with Crippen LogP contribution < -0.4 is 4.74 Å². The number of ether oxygens (including phenoxy) is 1. The van der Waals surface area contributed by atoms with E-state index in [1.54, 1.807) is 21.0 Å². The third-order valence-electron chi connectivity index (χ3n) is 3.71. The average molecular weight is 340 g/mol. The number of hydrogen-bond donors (Lipinski definition) is 0. The number of hydrogen-bond acceptors (Lipinski definition) is 4. The van der Waals surface area contributed by atoms with Gasteiger partial charge in [-0.05, 0) is 64.9 Å². The van der Waals surface area contributed by atoms with Crippen LogP contribution in [0.4, 0.5) is 0 Å². The summed E-state index contributed by atoms with van der Waals surface area (Å²) in [6, 6.07) is 7.52. The second-order valence-electron chi connectivity index (χ2n) is 6.02. The van der Waals surface area contributed by atoms with Gasteiger partial charge in [0, 0.05) is 11.8 Å². The molecule has 4 nitrogen and oxygen atoms in total. The molecular weight excluding hydrogens is 312 g/mol. The molecule has 0 unspecified atom stereocenters. The molecule has 1 aliphatic heterocycles. The Morgan fingerprint density at radius 2 is 1.88 bits per heavy atom. The number of rotatable bonds is 3. The Labute approximate surface area is 151 Å². The van der Waals surface area contributed by atoms with Gasteiger partial charge in [-0.2, -0.15) is 0 Å². The van der Waals surface area contributed by atoms with E-state index < -0.39 is 0 Å². The first-order valence-corrected chi connectivity index (χ1v) is 8.56. The maximum Gasteiger partial charge on any atom is 0.147 e. The molecule has 1 fully saturated rings. The van der Waals surface area contributed by atoms with Crippen molar-refractivity contribution in [1.82, 2.24) is 4.90 Å². The summed E-state index contributed by atoms with van der Waals surface area (Å²) in [6.07, 6.45) is 6.53. The monoisotopic (exact) mass is 340 g/mol. The Kier molecular flexibility index (Phi) is 9.96. The minimum absolute atomic E-state index is 0.563. The number of aliphatic imine (C=N–C) groups is 1. The molecule has 0 amide bonds. The fourth-order valence-electron chi connectivity index (χ4n) is 2.22. The van der Waals surface area contributed by atoms with E-state index >= 15 is 0 Å². The van der Waals surface area contributed by atoms with Crippen LogP contribution in [0.25, 0.3) is 0 Å². The van der Waals surface area contributed by atoms with Gasteiger partial charge in [-0.3, -0.25) is 9.79 Å². The Morgan fingerprint density at radius 3 is 2.44 bits per heavy atom. The lowest BCUT2D eigenvalue weighted by atomic mass is 10.1. The van der Waals surface area contributed by atoms with Crippen molar-refractivity contribution in [3.63, 3.8) is 0 Å². The standard InChI is InChI=1S/C15H15NO2.C6H13N/c1-12(11-17)10-16-13(2)8-9-14-6-4-5-7-15(14)18-3;1-7-5-3-2-4-6-7/h4-7,10-11H,1-3H3;2-6H2,1H3/b12-10+,16-13?;. The van der Waals surface area contributed by atoms with Gasteiger partial charge in [-0.15, -0.1) is 0 Å². The number of piperidine rings is 1. The van der Waals surface area contributed by atoms with E-state index in [4.69, 9.17) is 4.74 Å². The first-order valence-electron chi connectivity index (χ1n) is 8.56. The zero-order chi connectivity index (χ0) is 18.5. The SMILES string of the molecule is CN1CCCCC1.COc1ccccc1C#CC(C)=N/C=C(\C)C=O. The van der Waals surface area contributed by atoms with Crippen molar-refractivity contribution in [3.05, 3.63) is 41.6 Å². The molecule has 134 valence electrons. The summed E-state index contributed by atoms with van der Waals surface area (Å²) in [5.41, 5.74) is 2.01. The first-order chi connectivity index (χ1) is 12.1. The predicted molar refractivity (Wildman–Crippen MR) is 104 cm³/mol. The predicted octanol–water partition coefficient (Wildman–Crippen LogP) is 3.71. The summed E-state index contributed by atoms with van der Waals surface area (Å²) in [5, 5.41) is 0. The van der Waals surface area contributed by atoms with Crippen molar-refractivity contribution in [2.24, 2.45) is 4.99 Å². The van der Waals surface area contributed by atoms with E-state index in [1.807, 2.05) is 24.3 Å². The summed E-state index contributed by atoms with van der Waals surface area (Å²) in [4.78, 5) is 16.9. The van der Waals surface area contributed by atoms with Gasteiger partial charge in [0.15, 0.2) is 0 Å². The van der Waals surface area contributed by atoms with Gasteiger partial charge in [0.1, 0.15) is 12.0 Å². The second kappa shape index (κ2) is 12.0. The van der Waals surface area contributed by atoms with Gasteiger partial charge >= 0.3 is 0 Å². The highest BCUT2D eigenvalue weighted by Gasteiger charge is 2.02. The molecule has 0 bridgehead atoms. The Bertz CT molecular complexity index is 660. The van der Waals surface area contributed by atoms with Crippen LogP contribution in [0.3, 0.4) is 0 Å². The number of methoxy groups -OCH3 is 1. The number of carbonyl (C=O) groups is 1. The third kappa shape index (κ3) is 8.88. The molecule has 1 aromatic carbocycles. The van der Waals surface area contributed by atoms with E-state index in [2.05, 4.69) is 28.8 Å². The Morgan fingerprint density at radius 1 is 1.20 bits per heavy atom. The first kappa shape index (κ1) is 20.7. The molecule has 0 spiro atoms. The highest BCUT2D eigenvalue weighted by molar-refractivity contribution is 5.99. The molecule has 0 radical (unpaired) electrons. The number of para-hydroxylation sites is 1. The van der Waals surface area contributed by atoms with Crippen molar-refractivity contribution in [2.45, 2.75) is 33.1 Å². The van der Waals surface area contributed by atoms with Crippen molar-refractivity contribution in [2.75, 3.05) is 27.2 Å². The van der Waals surface area contributed by atoms with Crippen LogP contribution in [-0.2, 0) is 4.79 Å². The Hall–Kier alpha value is -2.38. The van der Waals surface area contributed by atoms with E-state index in [-0.39, 0.29) is 0 Å². The number of nitrogens with zero attached hydrogens (tertiary/aromatic N) is 2. The third-order valence-corrected chi connectivity index (χ3v) is 3.71. The van der Waals surface area contributed by atoms with Gasteiger partial charge in [-0.1, -0.05) is 24.5 Å². The number of allylic oxidation sites excluding steroid dienone is 1. The average Bonchev–Trinajstić information content (AvgIpc) is 2.65. The lowest BCUT2D eigenvalue weighted by Gasteiger charge is -2.20. The maximum atomic E-state index is 10.4. The molecule has 0 saturated carbocycles. The van der Waals surface area contributed by atoms with Crippen molar-refractivity contribution in [3.8, 4) is 17.6 Å². The summed E-state index contributed by atoms with van der Waals surface area (Å²) in [5.74, 6) is 6.63. The van der Waals surface area contributed by atoms with Crippen molar-refractivity contribution in [1.29, 1.82) is 0 Å². The number of aldehydes is 1. The maximum absolute atomic E-state index is 10.4. The normalized spacial score (nSPS) is 15.4. The van der Waals surface area contributed by atoms with Gasteiger partial charge < -0.3 is 9.64 Å². The zero-order valence-electron chi connectivity index (χ0n) is 15.7. The largest absolute Gasteiger partial charge is 0.495 e. The van der Waals surface area contributed by atoms with Gasteiger partial charge in [0.2, 0.25) is 0 Å². The van der Waals surface area contributed by atoms with Crippen molar-refractivity contribution < 1.29 is 9.53 Å². The molecule has 0 aromatic heterocycles. The molecule has 1 aromatic rings. The van der Waals surface area contributed by atoms with E-state index in [9.17, 15) is 4.79 Å². The number of carbonyl (C=O) groups excluding carboxylic acids is 1. The number of benzene rings is 1. The lowest BCUT2D eigenvalue weighted by Crippen LogP contribution is -2.24. The van der Waals surface area contributed by atoms with E-state index in [1.165, 1.54) is 38.6 Å². The van der Waals surface area contributed by atoms with E-state index in [0.717, 1.165) is 17.6 Å². The van der Waals surface area contributed by atoms with Crippen LogP contribution in [-0.4, -0.2) is 44.1 Å². The van der Waals surface area contributed by atoms with Crippen LogP contribution in [0.2, 0.25) is 0 Å². The molecule has 25 heavy (non-hydrogen) atoms. The Balaban J connectivity index is 0.000000370. The second-order valence-corrected chi connectivity index (χ2v) is 6.02. The van der Waals surface area contributed by atoms with Crippen LogP contribution in [0, 0.1) is 11.8 Å². The fourth-order valence-corrected chi connectivity index (χ4v) is 2.22. The highest BCUT2D eigenvalue weighted by Crippen LogP contribution is 2.15.